The van der Waals surface area contributed by atoms with E-state index in [-0.39, 0.29) is 0 Å². The number of nitrogens with one attached hydrogen (secondary N) is 1. The molecule has 0 saturated carbocycles. The molecular formula is C11H20N4. The normalized spacial score (nSPS) is 10.5. The van der Waals surface area contributed by atoms with Gasteiger partial charge in [0, 0.05) is 19.6 Å². The van der Waals surface area contributed by atoms with Gasteiger partial charge in [0.25, 0.3) is 0 Å². The molecule has 1 aromatic rings. The third kappa shape index (κ3) is 3.38. The Kier molecular flexibility index (Phi) is 4.34. The van der Waals surface area contributed by atoms with Gasteiger partial charge >= 0.3 is 0 Å². The summed E-state index contributed by atoms with van der Waals surface area (Å²) in [4.78, 5) is 10.8. The Bertz CT molecular complexity index is 298. The fraction of sp³-hybridized carbons (Fsp3) is 0.636. The zero-order valence-corrected chi connectivity index (χ0v) is 9.99. The molecule has 15 heavy (non-hydrogen) atoms. The van der Waals surface area contributed by atoms with E-state index >= 15 is 0 Å². The average Bonchev–Trinajstić information content (AvgIpc) is 2.25. The van der Waals surface area contributed by atoms with Crippen molar-refractivity contribution in [2.24, 2.45) is 0 Å². The van der Waals surface area contributed by atoms with Gasteiger partial charge in [-0.2, -0.15) is 0 Å². The Morgan fingerprint density at radius 2 is 2.13 bits per heavy atom. The summed E-state index contributed by atoms with van der Waals surface area (Å²) in [6.07, 6.45) is 4.64. The van der Waals surface area contributed by atoms with Crippen molar-refractivity contribution in [1.82, 2.24) is 9.97 Å². The minimum atomic E-state index is 0.431. The van der Waals surface area contributed by atoms with Crippen LogP contribution in [0.5, 0.6) is 0 Å². The van der Waals surface area contributed by atoms with Gasteiger partial charge in [-0.05, 0) is 20.3 Å². The number of rotatable bonds is 5. The molecule has 0 aliphatic carbocycles. The van der Waals surface area contributed by atoms with Crippen LogP contribution < -0.4 is 10.2 Å². The van der Waals surface area contributed by atoms with E-state index in [1.54, 1.807) is 12.4 Å². The zero-order chi connectivity index (χ0) is 11.3. The second-order valence-corrected chi connectivity index (χ2v) is 3.89. The van der Waals surface area contributed by atoms with Crippen LogP contribution >= 0.6 is 0 Å². The predicted octanol–water partition coefficient (Wildman–Crippen LogP) is 2.14. The Morgan fingerprint density at radius 3 is 2.73 bits per heavy atom. The van der Waals surface area contributed by atoms with Crippen LogP contribution in [0.1, 0.15) is 27.2 Å². The second kappa shape index (κ2) is 5.53. The third-order valence-electron chi connectivity index (χ3n) is 2.31. The summed E-state index contributed by atoms with van der Waals surface area (Å²) < 4.78 is 0. The Hall–Kier alpha value is -1.32. The summed E-state index contributed by atoms with van der Waals surface area (Å²) in [6.45, 7) is 7.33. The quantitative estimate of drug-likeness (QED) is 0.805. The Morgan fingerprint density at radius 1 is 1.40 bits per heavy atom. The molecule has 1 N–H and O–H groups in total. The molecular weight excluding hydrogens is 188 g/mol. The van der Waals surface area contributed by atoms with Gasteiger partial charge in [0.15, 0.2) is 0 Å². The number of anilines is 2. The van der Waals surface area contributed by atoms with E-state index in [0.717, 1.165) is 24.6 Å². The molecule has 0 spiro atoms. The molecule has 0 saturated heterocycles. The van der Waals surface area contributed by atoms with Crippen LogP contribution in [0, 0.1) is 0 Å². The van der Waals surface area contributed by atoms with Gasteiger partial charge in [0.05, 0.1) is 12.4 Å². The molecule has 1 aromatic heterocycles. The molecule has 84 valence electrons. The number of aromatic nitrogens is 2. The van der Waals surface area contributed by atoms with Gasteiger partial charge < -0.3 is 10.2 Å². The van der Waals surface area contributed by atoms with Crippen molar-refractivity contribution in [3.05, 3.63) is 12.4 Å². The summed E-state index contributed by atoms with van der Waals surface area (Å²) >= 11 is 0. The number of hydrogen-bond donors (Lipinski definition) is 1. The molecule has 1 heterocycles. The summed E-state index contributed by atoms with van der Waals surface area (Å²) in [6, 6.07) is 0.431. The molecule has 4 nitrogen and oxygen atoms in total. The lowest BCUT2D eigenvalue weighted by Gasteiger charge is -2.22. The van der Waals surface area contributed by atoms with E-state index in [4.69, 9.17) is 0 Å². The SMILES string of the molecule is CCCNc1cncc(N(C)C(C)C)n1. The van der Waals surface area contributed by atoms with Crippen LogP contribution in [0.2, 0.25) is 0 Å². The van der Waals surface area contributed by atoms with Crippen LogP contribution in [0.15, 0.2) is 12.4 Å². The maximum Gasteiger partial charge on any atom is 0.149 e. The molecule has 0 fully saturated rings. The van der Waals surface area contributed by atoms with Gasteiger partial charge in [-0.3, -0.25) is 4.98 Å². The van der Waals surface area contributed by atoms with E-state index in [9.17, 15) is 0 Å². The number of nitrogens with zero attached hydrogens (tertiary/aromatic N) is 3. The molecule has 4 heteroatoms. The van der Waals surface area contributed by atoms with E-state index in [1.807, 2.05) is 7.05 Å². The Balaban J connectivity index is 2.73. The van der Waals surface area contributed by atoms with Crippen LogP contribution in [0.4, 0.5) is 11.6 Å². The zero-order valence-electron chi connectivity index (χ0n) is 9.99. The van der Waals surface area contributed by atoms with Crippen molar-refractivity contribution in [2.45, 2.75) is 33.2 Å². The first-order valence-electron chi connectivity index (χ1n) is 5.44. The van der Waals surface area contributed by atoms with E-state index in [2.05, 4.69) is 41.0 Å². The van der Waals surface area contributed by atoms with Gasteiger partial charge in [-0.15, -0.1) is 0 Å². The van der Waals surface area contributed by atoms with Crippen LogP contribution in [0.3, 0.4) is 0 Å². The lowest BCUT2D eigenvalue weighted by molar-refractivity contribution is 0.741. The fourth-order valence-electron chi connectivity index (χ4n) is 1.13. The largest absolute Gasteiger partial charge is 0.369 e. The average molecular weight is 208 g/mol. The standard InChI is InChI=1S/C11H20N4/c1-5-6-13-10-7-12-8-11(14-10)15(4)9(2)3/h7-9H,5-6H2,1-4H3,(H,13,14). The molecule has 0 atom stereocenters. The molecule has 0 aliphatic heterocycles. The summed E-state index contributed by atoms with van der Waals surface area (Å²) in [5.74, 6) is 1.76. The van der Waals surface area contributed by atoms with E-state index < -0.39 is 0 Å². The lowest BCUT2D eigenvalue weighted by Crippen LogP contribution is -2.26. The minimum Gasteiger partial charge on any atom is -0.369 e. The molecule has 0 bridgehead atoms. The topological polar surface area (TPSA) is 41.1 Å². The summed E-state index contributed by atoms with van der Waals surface area (Å²) in [5.41, 5.74) is 0. The minimum absolute atomic E-state index is 0.431. The van der Waals surface area contributed by atoms with Crippen LogP contribution in [0.25, 0.3) is 0 Å². The highest BCUT2D eigenvalue weighted by molar-refractivity contribution is 5.43. The van der Waals surface area contributed by atoms with Gasteiger partial charge in [0.1, 0.15) is 11.6 Å². The predicted molar refractivity (Wildman–Crippen MR) is 64.4 cm³/mol. The van der Waals surface area contributed by atoms with Crippen LogP contribution in [-0.4, -0.2) is 29.6 Å². The molecule has 0 radical (unpaired) electrons. The summed E-state index contributed by atoms with van der Waals surface area (Å²) in [5, 5.41) is 3.23. The first-order chi connectivity index (χ1) is 7.15. The number of hydrogen-bond acceptors (Lipinski definition) is 4. The molecule has 0 aliphatic rings. The third-order valence-corrected chi connectivity index (χ3v) is 2.31. The molecule has 0 aromatic carbocycles. The van der Waals surface area contributed by atoms with Gasteiger partial charge in [-0.1, -0.05) is 6.92 Å². The van der Waals surface area contributed by atoms with Gasteiger partial charge in [0.2, 0.25) is 0 Å². The van der Waals surface area contributed by atoms with Crippen molar-refractivity contribution >= 4 is 11.6 Å². The summed E-state index contributed by atoms with van der Waals surface area (Å²) in [7, 11) is 2.03. The van der Waals surface area contributed by atoms with E-state index in [1.165, 1.54) is 0 Å². The van der Waals surface area contributed by atoms with Crippen LogP contribution in [-0.2, 0) is 0 Å². The maximum absolute atomic E-state index is 4.48. The van der Waals surface area contributed by atoms with Crippen molar-refractivity contribution in [3.8, 4) is 0 Å². The second-order valence-electron chi connectivity index (χ2n) is 3.89. The highest BCUT2D eigenvalue weighted by Crippen LogP contribution is 2.12. The van der Waals surface area contributed by atoms with E-state index in [0.29, 0.717) is 6.04 Å². The lowest BCUT2D eigenvalue weighted by atomic mass is 10.3. The van der Waals surface area contributed by atoms with Crippen molar-refractivity contribution in [1.29, 1.82) is 0 Å². The Labute approximate surface area is 91.7 Å². The fourth-order valence-corrected chi connectivity index (χ4v) is 1.13. The highest BCUT2D eigenvalue weighted by atomic mass is 15.2. The molecule has 0 amide bonds. The molecule has 0 unspecified atom stereocenters. The maximum atomic E-state index is 4.48. The van der Waals surface area contributed by atoms with Crippen molar-refractivity contribution in [3.63, 3.8) is 0 Å². The monoisotopic (exact) mass is 208 g/mol. The van der Waals surface area contributed by atoms with Crippen molar-refractivity contribution in [2.75, 3.05) is 23.8 Å². The smallest absolute Gasteiger partial charge is 0.149 e. The van der Waals surface area contributed by atoms with Gasteiger partial charge in [-0.25, -0.2) is 4.98 Å². The van der Waals surface area contributed by atoms with Crippen molar-refractivity contribution < 1.29 is 0 Å². The highest BCUT2D eigenvalue weighted by Gasteiger charge is 2.06. The first kappa shape index (κ1) is 11.8. The first-order valence-corrected chi connectivity index (χ1v) is 5.44. The molecule has 1 rings (SSSR count).